The monoisotopic (exact) mass is 390 g/mol. The zero-order chi connectivity index (χ0) is 19.5. The smallest absolute Gasteiger partial charge is 0.346 e. The summed E-state index contributed by atoms with van der Waals surface area (Å²) in [5.74, 6) is -1.83. The minimum Gasteiger partial charge on any atom is -0.346 e. The van der Waals surface area contributed by atoms with Crippen molar-refractivity contribution in [2.45, 2.75) is 44.8 Å². The van der Waals surface area contributed by atoms with Gasteiger partial charge in [-0.15, -0.1) is 0 Å². The van der Waals surface area contributed by atoms with Crippen LogP contribution in [-0.2, 0) is 15.1 Å². The Kier molecular flexibility index (Phi) is 6.21. The molecule has 0 aromatic heterocycles. The van der Waals surface area contributed by atoms with Crippen LogP contribution in [-0.4, -0.2) is 36.0 Å². The quantitative estimate of drug-likeness (QED) is 0.801. The van der Waals surface area contributed by atoms with Crippen LogP contribution in [0, 0.1) is 5.92 Å². The van der Waals surface area contributed by atoms with E-state index in [1.54, 1.807) is 12.1 Å². The molecule has 1 heterocycles. The number of alkyl halides is 3. The van der Waals surface area contributed by atoms with E-state index >= 15 is 0 Å². The van der Waals surface area contributed by atoms with Crippen LogP contribution in [0.2, 0.25) is 5.02 Å². The van der Waals surface area contributed by atoms with E-state index in [-0.39, 0.29) is 13.0 Å². The molecule has 1 N–H and O–H groups in total. The lowest BCUT2D eigenvalue weighted by Gasteiger charge is -2.34. The van der Waals surface area contributed by atoms with Gasteiger partial charge in [0.25, 0.3) is 0 Å². The molecular weight excluding hydrogens is 369 g/mol. The summed E-state index contributed by atoms with van der Waals surface area (Å²) in [6, 6.07) is 7.11. The van der Waals surface area contributed by atoms with Gasteiger partial charge in [-0.3, -0.25) is 9.59 Å². The van der Waals surface area contributed by atoms with Crippen molar-refractivity contribution in [2.24, 2.45) is 5.92 Å². The lowest BCUT2D eigenvalue weighted by Crippen LogP contribution is -2.48. The normalized spacial score (nSPS) is 18.3. The predicted molar refractivity (Wildman–Crippen MR) is 92.6 cm³/mol. The number of nitrogens with zero attached hydrogens (tertiary/aromatic N) is 1. The molecule has 8 heteroatoms. The van der Waals surface area contributed by atoms with Crippen LogP contribution in [0.3, 0.4) is 0 Å². The summed E-state index contributed by atoms with van der Waals surface area (Å²) in [5, 5.41) is 3.54. The van der Waals surface area contributed by atoms with Crippen LogP contribution in [0.15, 0.2) is 24.3 Å². The molecule has 1 aromatic carbocycles. The molecule has 0 bridgehead atoms. The number of likely N-dealkylation sites (tertiary alicyclic amines) is 1. The summed E-state index contributed by atoms with van der Waals surface area (Å²) in [5.41, 5.74) is 0.221. The summed E-state index contributed by atoms with van der Waals surface area (Å²) in [7, 11) is 0. The van der Waals surface area contributed by atoms with Crippen LogP contribution >= 0.6 is 11.6 Å². The molecule has 1 aliphatic heterocycles. The van der Waals surface area contributed by atoms with Crippen molar-refractivity contribution in [2.75, 3.05) is 13.1 Å². The van der Waals surface area contributed by atoms with Crippen molar-refractivity contribution in [1.82, 2.24) is 10.2 Å². The van der Waals surface area contributed by atoms with Crippen LogP contribution in [0.5, 0.6) is 0 Å². The Morgan fingerprint density at radius 2 is 1.81 bits per heavy atom. The molecule has 0 radical (unpaired) electrons. The maximum atomic E-state index is 12.7. The molecule has 1 aliphatic rings. The lowest BCUT2D eigenvalue weighted by atomic mass is 9.84. The molecule has 0 spiro atoms. The summed E-state index contributed by atoms with van der Waals surface area (Å²) in [6.45, 7) is 2.32. The fourth-order valence-corrected chi connectivity index (χ4v) is 3.46. The van der Waals surface area contributed by atoms with Gasteiger partial charge in [0.1, 0.15) is 6.54 Å². The fraction of sp³-hybridized carbons (Fsp3) is 0.556. The minimum atomic E-state index is -4.47. The molecule has 1 atom stereocenters. The van der Waals surface area contributed by atoms with E-state index in [0.29, 0.717) is 22.8 Å². The fourth-order valence-electron chi connectivity index (χ4n) is 3.33. The van der Waals surface area contributed by atoms with Crippen molar-refractivity contribution >= 4 is 23.4 Å². The Balaban J connectivity index is 2.13. The third-order valence-electron chi connectivity index (χ3n) is 4.92. The lowest BCUT2D eigenvalue weighted by molar-refractivity contribution is -0.157. The van der Waals surface area contributed by atoms with Crippen LogP contribution in [0.25, 0.3) is 0 Å². The van der Waals surface area contributed by atoms with E-state index < -0.39 is 36.0 Å². The van der Waals surface area contributed by atoms with Gasteiger partial charge in [0.05, 0.1) is 11.5 Å². The highest BCUT2D eigenvalue weighted by Crippen LogP contribution is 2.31. The zero-order valence-corrected chi connectivity index (χ0v) is 15.5. The maximum Gasteiger partial charge on any atom is 0.406 e. The zero-order valence-electron chi connectivity index (χ0n) is 14.7. The molecule has 1 fully saturated rings. The van der Waals surface area contributed by atoms with Crippen LogP contribution in [0.4, 0.5) is 13.2 Å². The van der Waals surface area contributed by atoms with Crippen molar-refractivity contribution < 1.29 is 22.8 Å². The molecule has 0 unspecified atom stereocenters. The highest BCUT2D eigenvalue weighted by atomic mass is 35.5. The van der Waals surface area contributed by atoms with Gasteiger partial charge < -0.3 is 10.2 Å². The standard InChI is InChI=1S/C18H22ClF3N2O2/c1-3-17(4-2,13-5-7-14(19)8-6-13)23-16(26)12-9-15(25)24(10-12)11-18(20,21)22/h5-8,12H,3-4,9-11H2,1-2H3,(H,23,26)/t12-/m1/s1. The first-order valence-corrected chi connectivity index (χ1v) is 8.90. The maximum absolute atomic E-state index is 12.7. The van der Waals surface area contributed by atoms with Crippen molar-refractivity contribution in [1.29, 1.82) is 0 Å². The second-order valence-corrected chi connectivity index (χ2v) is 7.01. The highest BCUT2D eigenvalue weighted by molar-refractivity contribution is 6.30. The Morgan fingerprint density at radius 3 is 2.31 bits per heavy atom. The van der Waals surface area contributed by atoms with Crippen molar-refractivity contribution in [3.05, 3.63) is 34.9 Å². The Hall–Kier alpha value is -1.76. The van der Waals surface area contributed by atoms with E-state index in [1.165, 1.54) is 0 Å². The van der Waals surface area contributed by atoms with Gasteiger partial charge in [0, 0.05) is 18.0 Å². The summed E-state index contributed by atoms with van der Waals surface area (Å²) in [6.07, 6.45) is -3.47. The summed E-state index contributed by atoms with van der Waals surface area (Å²) >= 11 is 5.92. The van der Waals surface area contributed by atoms with Crippen LogP contribution < -0.4 is 5.32 Å². The highest BCUT2D eigenvalue weighted by Gasteiger charge is 2.42. The van der Waals surface area contributed by atoms with Gasteiger partial charge in [0.2, 0.25) is 11.8 Å². The number of nitrogens with one attached hydrogen (secondary N) is 1. The molecule has 26 heavy (non-hydrogen) atoms. The number of hydrogen-bond acceptors (Lipinski definition) is 2. The average molecular weight is 391 g/mol. The number of halogens is 4. The van der Waals surface area contributed by atoms with Gasteiger partial charge >= 0.3 is 6.18 Å². The molecule has 0 aliphatic carbocycles. The van der Waals surface area contributed by atoms with Gasteiger partial charge in [-0.25, -0.2) is 0 Å². The van der Waals surface area contributed by atoms with Crippen molar-refractivity contribution in [3.8, 4) is 0 Å². The number of benzene rings is 1. The number of carbonyl (C=O) groups is 2. The van der Waals surface area contributed by atoms with E-state index in [9.17, 15) is 22.8 Å². The van der Waals surface area contributed by atoms with E-state index in [0.717, 1.165) is 5.56 Å². The first-order chi connectivity index (χ1) is 12.1. The third-order valence-corrected chi connectivity index (χ3v) is 5.17. The molecule has 2 rings (SSSR count). The molecule has 2 amide bonds. The number of amides is 2. The predicted octanol–water partition coefficient (Wildman–Crippen LogP) is 3.88. The molecule has 1 aromatic rings. The topological polar surface area (TPSA) is 49.4 Å². The third kappa shape index (κ3) is 4.69. The second-order valence-electron chi connectivity index (χ2n) is 6.58. The SMILES string of the molecule is CCC(CC)(NC(=O)[C@@H]1CC(=O)N(CC(F)(F)F)C1)c1ccc(Cl)cc1. The molecule has 4 nitrogen and oxygen atoms in total. The molecule has 1 saturated heterocycles. The van der Waals surface area contributed by atoms with E-state index in [1.807, 2.05) is 26.0 Å². The molecule has 0 saturated carbocycles. The Bertz CT molecular complexity index is 657. The summed E-state index contributed by atoms with van der Waals surface area (Å²) < 4.78 is 37.6. The number of rotatable bonds is 6. The molecule has 144 valence electrons. The number of carbonyl (C=O) groups excluding carboxylic acids is 2. The van der Waals surface area contributed by atoms with Gasteiger partial charge in [-0.2, -0.15) is 13.2 Å². The van der Waals surface area contributed by atoms with Gasteiger partial charge in [-0.1, -0.05) is 37.6 Å². The average Bonchev–Trinajstić information content (AvgIpc) is 2.92. The van der Waals surface area contributed by atoms with Crippen molar-refractivity contribution in [3.63, 3.8) is 0 Å². The first-order valence-electron chi connectivity index (χ1n) is 8.53. The van der Waals surface area contributed by atoms with E-state index in [4.69, 9.17) is 11.6 Å². The number of hydrogen-bond donors (Lipinski definition) is 1. The Labute approximate surface area is 155 Å². The van der Waals surface area contributed by atoms with Gasteiger partial charge in [0.15, 0.2) is 0 Å². The van der Waals surface area contributed by atoms with E-state index in [2.05, 4.69) is 5.32 Å². The summed E-state index contributed by atoms with van der Waals surface area (Å²) in [4.78, 5) is 25.2. The first kappa shape index (κ1) is 20.6. The Morgan fingerprint density at radius 1 is 1.23 bits per heavy atom. The van der Waals surface area contributed by atoms with Crippen LogP contribution in [0.1, 0.15) is 38.7 Å². The largest absolute Gasteiger partial charge is 0.406 e. The second kappa shape index (κ2) is 7.86. The minimum absolute atomic E-state index is 0.202. The van der Waals surface area contributed by atoms with Gasteiger partial charge in [-0.05, 0) is 30.5 Å². The molecular formula is C18H22ClF3N2O2.